The molecule has 4 atom stereocenters. The van der Waals surface area contributed by atoms with Gasteiger partial charge in [-0.25, -0.2) is 24.0 Å². The van der Waals surface area contributed by atoms with Crippen molar-refractivity contribution in [2.75, 3.05) is 11.6 Å². The van der Waals surface area contributed by atoms with E-state index >= 15 is 0 Å². The Hall–Kier alpha value is -3.31. The first-order valence-corrected chi connectivity index (χ1v) is 15.8. The lowest BCUT2D eigenvalue weighted by molar-refractivity contribution is 0.00864. The Kier molecular flexibility index (Phi) is 7.85. The van der Waals surface area contributed by atoms with Crippen LogP contribution in [0.1, 0.15) is 89.8 Å². The minimum Gasteiger partial charge on any atom is -0.474 e. The van der Waals surface area contributed by atoms with E-state index in [2.05, 4.69) is 15.3 Å². The number of hydrogen-bond acceptors (Lipinski definition) is 10. The fourth-order valence-electron chi connectivity index (χ4n) is 4.88. The molecule has 4 N–H and O–H groups in total. The van der Waals surface area contributed by atoms with Gasteiger partial charge >= 0.3 is 5.97 Å². The van der Waals surface area contributed by atoms with Crippen molar-refractivity contribution in [2.45, 2.75) is 96.1 Å². The van der Waals surface area contributed by atoms with Crippen molar-refractivity contribution in [2.24, 2.45) is 5.73 Å². The SMILES string of the molecule is CCC(C)(N)c1cnc(O[C@H](C)CC(C)(C)[S@](C)(=N)=O)c2cnc(Nc3ccc4c(n3)C(C)(C)[C@@H](C)OC4=O)cc12. The van der Waals surface area contributed by atoms with Gasteiger partial charge in [0.1, 0.15) is 17.7 Å². The highest BCUT2D eigenvalue weighted by molar-refractivity contribution is 7.93. The Bertz CT molecular complexity index is 1600. The molecule has 0 radical (unpaired) electrons. The van der Waals surface area contributed by atoms with Crippen LogP contribution in [0.25, 0.3) is 10.8 Å². The van der Waals surface area contributed by atoms with Crippen LogP contribution in [-0.4, -0.2) is 48.3 Å². The fourth-order valence-corrected chi connectivity index (χ4v) is 5.43. The molecule has 3 aromatic rings. The number of nitrogens with one attached hydrogen (secondary N) is 2. The number of cyclic esters (lactones) is 1. The molecular formula is C30H42N6O4S. The van der Waals surface area contributed by atoms with Gasteiger partial charge in [-0.1, -0.05) is 20.8 Å². The van der Waals surface area contributed by atoms with Gasteiger partial charge < -0.3 is 20.5 Å². The van der Waals surface area contributed by atoms with E-state index in [0.29, 0.717) is 47.0 Å². The summed E-state index contributed by atoms with van der Waals surface area (Å²) in [7, 11) is -2.79. The highest BCUT2D eigenvalue weighted by Crippen LogP contribution is 2.38. The molecule has 1 aliphatic heterocycles. The van der Waals surface area contributed by atoms with Crippen molar-refractivity contribution < 1.29 is 18.5 Å². The topological polar surface area (TPSA) is 153 Å². The molecule has 0 saturated carbocycles. The van der Waals surface area contributed by atoms with Crippen molar-refractivity contribution >= 4 is 38.1 Å². The highest BCUT2D eigenvalue weighted by Gasteiger charge is 2.41. The Morgan fingerprint density at radius 1 is 1.20 bits per heavy atom. The van der Waals surface area contributed by atoms with Crippen molar-refractivity contribution in [1.29, 1.82) is 4.78 Å². The second kappa shape index (κ2) is 10.5. The third kappa shape index (κ3) is 5.88. The summed E-state index contributed by atoms with van der Waals surface area (Å²) in [5.41, 5.74) is 7.56. The Balaban J connectivity index is 1.73. The predicted molar refractivity (Wildman–Crippen MR) is 162 cm³/mol. The van der Waals surface area contributed by atoms with E-state index in [1.807, 2.05) is 61.5 Å². The summed E-state index contributed by atoms with van der Waals surface area (Å²) in [6.07, 6.45) is 5.34. The largest absolute Gasteiger partial charge is 0.474 e. The third-order valence-corrected chi connectivity index (χ3v) is 10.8. The quantitative estimate of drug-likeness (QED) is 0.266. The molecule has 11 heteroatoms. The van der Waals surface area contributed by atoms with E-state index < -0.39 is 25.4 Å². The number of carbonyl (C=O) groups excluding carboxylic acids is 1. The first kappa shape index (κ1) is 30.6. The van der Waals surface area contributed by atoms with Gasteiger partial charge in [0.25, 0.3) is 0 Å². The number of carbonyl (C=O) groups is 1. The Labute approximate surface area is 242 Å². The van der Waals surface area contributed by atoms with Crippen LogP contribution < -0.4 is 15.8 Å². The van der Waals surface area contributed by atoms with E-state index in [0.717, 1.165) is 10.9 Å². The summed E-state index contributed by atoms with van der Waals surface area (Å²) < 4.78 is 31.5. The zero-order valence-electron chi connectivity index (χ0n) is 25.4. The van der Waals surface area contributed by atoms with Crippen LogP contribution in [0.2, 0.25) is 0 Å². The molecule has 0 spiro atoms. The Morgan fingerprint density at radius 3 is 2.51 bits per heavy atom. The van der Waals surface area contributed by atoms with Crippen molar-refractivity contribution in [3.63, 3.8) is 0 Å². The molecular weight excluding hydrogens is 540 g/mol. The molecule has 41 heavy (non-hydrogen) atoms. The monoisotopic (exact) mass is 582 g/mol. The van der Waals surface area contributed by atoms with Crippen LogP contribution in [0.15, 0.2) is 30.6 Å². The predicted octanol–water partition coefficient (Wildman–Crippen LogP) is 5.80. The fraction of sp³-hybridized carbons (Fsp3) is 0.533. The second-order valence-corrected chi connectivity index (χ2v) is 15.4. The Morgan fingerprint density at radius 2 is 1.88 bits per heavy atom. The van der Waals surface area contributed by atoms with Crippen molar-refractivity contribution in [3.05, 3.63) is 47.4 Å². The van der Waals surface area contributed by atoms with Crippen molar-refractivity contribution in [3.8, 4) is 5.88 Å². The standard InChI is InChI=1S/C30H42N6O4S/c1-10-30(8,31)22-16-34-26(39-17(2)14-28(4,5)41(9,32)38)21-15-33-24(13-20(21)22)35-23-12-11-19-25(36-23)29(6,7)18(3)40-27(19)37/h11-13,15-18,32H,10,14,31H2,1-9H3,(H,33,35,36)/t17-,18-,30?,41-/m1/s1. The summed E-state index contributed by atoms with van der Waals surface area (Å²) in [5.74, 6) is 1.13. The zero-order valence-corrected chi connectivity index (χ0v) is 26.2. The lowest BCUT2D eigenvalue weighted by Gasteiger charge is -2.36. The second-order valence-electron chi connectivity index (χ2n) is 12.6. The van der Waals surface area contributed by atoms with Gasteiger partial charge in [0.15, 0.2) is 0 Å². The molecule has 0 aliphatic carbocycles. The molecule has 0 bridgehead atoms. The first-order valence-electron chi connectivity index (χ1n) is 13.8. The molecule has 0 fully saturated rings. The minimum absolute atomic E-state index is 0.313. The number of anilines is 2. The van der Waals surface area contributed by atoms with Crippen LogP contribution in [-0.2, 0) is 25.4 Å². The normalized spacial score (nSPS) is 20.3. The average molecular weight is 583 g/mol. The molecule has 1 unspecified atom stereocenters. The number of ether oxygens (including phenoxy) is 2. The smallest absolute Gasteiger partial charge is 0.340 e. The molecule has 4 heterocycles. The van der Waals surface area contributed by atoms with Crippen molar-refractivity contribution in [1.82, 2.24) is 15.0 Å². The maximum Gasteiger partial charge on any atom is 0.340 e. The summed E-state index contributed by atoms with van der Waals surface area (Å²) in [5, 5.41) is 4.82. The zero-order chi connectivity index (χ0) is 30.5. The van der Waals surface area contributed by atoms with E-state index in [1.54, 1.807) is 24.5 Å². The number of rotatable bonds is 9. The number of esters is 1. The molecule has 1 aliphatic rings. The first-order chi connectivity index (χ1) is 18.9. The van der Waals surface area contributed by atoms with Crippen LogP contribution in [0, 0.1) is 4.78 Å². The summed E-state index contributed by atoms with van der Waals surface area (Å²) >= 11 is 0. The molecule has 0 aromatic carbocycles. The minimum atomic E-state index is -2.79. The van der Waals surface area contributed by atoms with Gasteiger partial charge in [0.05, 0.1) is 27.5 Å². The van der Waals surface area contributed by atoms with Crippen LogP contribution in [0.5, 0.6) is 5.88 Å². The van der Waals surface area contributed by atoms with Crippen LogP contribution in [0.3, 0.4) is 0 Å². The average Bonchev–Trinajstić information content (AvgIpc) is 2.86. The van der Waals surface area contributed by atoms with Gasteiger partial charge in [0, 0.05) is 45.8 Å². The van der Waals surface area contributed by atoms with E-state index in [4.69, 9.17) is 25.0 Å². The van der Waals surface area contributed by atoms with Gasteiger partial charge in [0.2, 0.25) is 5.88 Å². The third-order valence-electron chi connectivity index (χ3n) is 8.51. The number of fused-ring (bicyclic) bond motifs is 2. The lowest BCUT2D eigenvalue weighted by Crippen LogP contribution is -2.42. The number of pyridine rings is 3. The lowest BCUT2D eigenvalue weighted by atomic mass is 9.79. The molecule has 3 aromatic heterocycles. The highest BCUT2D eigenvalue weighted by atomic mass is 32.2. The van der Waals surface area contributed by atoms with Crippen LogP contribution >= 0.6 is 0 Å². The molecule has 0 saturated heterocycles. The maximum absolute atomic E-state index is 12.5. The number of nitrogens with zero attached hydrogens (tertiary/aromatic N) is 3. The number of aromatic nitrogens is 3. The van der Waals surface area contributed by atoms with Gasteiger partial charge in [-0.3, -0.25) is 4.78 Å². The van der Waals surface area contributed by atoms with E-state index in [9.17, 15) is 9.00 Å². The van der Waals surface area contributed by atoms with E-state index in [1.165, 1.54) is 6.26 Å². The number of nitrogens with two attached hydrogens (primary N) is 1. The number of hydrogen-bond donors (Lipinski definition) is 3. The molecule has 10 nitrogen and oxygen atoms in total. The summed E-state index contributed by atoms with van der Waals surface area (Å²) in [6.45, 7) is 15.4. The van der Waals surface area contributed by atoms with Gasteiger partial charge in [-0.05, 0) is 70.2 Å². The molecule has 0 amide bonds. The van der Waals surface area contributed by atoms with Crippen LogP contribution in [0.4, 0.5) is 11.6 Å². The summed E-state index contributed by atoms with van der Waals surface area (Å²) in [4.78, 5) is 26.5. The molecule has 4 rings (SSSR count). The van der Waals surface area contributed by atoms with E-state index in [-0.39, 0.29) is 18.2 Å². The maximum atomic E-state index is 12.5. The molecule has 222 valence electrons. The summed E-state index contributed by atoms with van der Waals surface area (Å²) in [6, 6.07) is 5.37. The van der Waals surface area contributed by atoms with Gasteiger partial charge in [-0.2, -0.15) is 0 Å². The van der Waals surface area contributed by atoms with Gasteiger partial charge in [-0.15, -0.1) is 0 Å².